The molecule has 1 unspecified atom stereocenters. The molecule has 3 radical (unpaired) electrons. The van der Waals surface area contributed by atoms with Gasteiger partial charge < -0.3 is 68.6 Å². The Hall–Kier alpha value is -16.5. The van der Waals surface area contributed by atoms with Crippen molar-refractivity contribution in [2.45, 2.75) is 66.2 Å². The number of nitrogens with zero attached hydrogens (tertiary/aromatic N) is 24. The Kier molecular flexibility index (Phi) is 32.6. The molecule has 13 aromatic carbocycles. The predicted octanol–water partition coefficient (Wildman–Crippen LogP) is 26.2. The van der Waals surface area contributed by atoms with Crippen LogP contribution in [0.5, 0.6) is 0 Å². The molecule has 0 N–H and O–H groups in total. The Morgan fingerprint density at radius 2 is 0.653 bits per heavy atom. The largest absolute Gasteiger partial charge is 0.504 e. The summed E-state index contributed by atoms with van der Waals surface area (Å²) in [6.07, 6.45) is 13.4. The Bertz CT molecular complexity index is 6890. The van der Waals surface area contributed by atoms with E-state index >= 15 is 0 Å². The van der Waals surface area contributed by atoms with Crippen LogP contribution >= 0.6 is 0 Å². The number of para-hydroxylation sites is 12. The minimum absolute atomic E-state index is 0. The fourth-order valence-electron chi connectivity index (χ4n) is 18.3. The maximum Gasteiger partial charge on any atom is 0.159 e. The number of aromatic nitrogens is 8. The number of rotatable bonds is 12. The van der Waals surface area contributed by atoms with Gasteiger partial charge in [-0.1, -0.05) is 126 Å². The van der Waals surface area contributed by atoms with Gasteiger partial charge in [0.2, 0.25) is 0 Å². The van der Waals surface area contributed by atoms with Crippen LogP contribution in [-0.4, -0.2) is 72.2 Å². The molecule has 0 bridgehead atoms. The summed E-state index contributed by atoms with van der Waals surface area (Å²) in [6, 6.07) is 137. The molecule has 147 heavy (non-hydrogen) atoms. The third-order valence-electron chi connectivity index (χ3n) is 24.9. The second-order valence-corrected chi connectivity index (χ2v) is 34.8. The smallest absolute Gasteiger partial charge is 0.159 e. The molecule has 27 heteroatoms. The molecule has 0 saturated carbocycles. The van der Waals surface area contributed by atoms with Gasteiger partial charge in [-0.2, -0.15) is 171 Å². The fraction of sp³-hybridized carbons (Fsp3) is 0.100. The summed E-state index contributed by atoms with van der Waals surface area (Å²) >= 11 is 0. The summed E-state index contributed by atoms with van der Waals surface area (Å²) in [7, 11) is 4.03. The molecule has 8 aliphatic heterocycles. The number of aryl methyl sites for hydroxylation is 2. The maximum absolute atomic E-state index is 8.79. The topological polar surface area (TPSA) is 196 Å². The second-order valence-electron chi connectivity index (χ2n) is 34.8. The van der Waals surface area contributed by atoms with Crippen LogP contribution in [0.25, 0.3) is 11.3 Å². The molecule has 0 saturated heterocycles. The quantitative estimate of drug-likeness (QED) is 0.105. The molecule has 0 fully saturated rings. The Morgan fingerprint density at radius 1 is 0.299 bits per heavy atom. The van der Waals surface area contributed by atoms with Gasteiger partial charge in [0, 0.05) is 185 Å². The van der Waals surface area contributed by atoms with E-state index in [2.05, 4.69) is 256 Å². The minimum atomic E-state index is 0. The van der Waals surface area contributed by atoms with Crippen molar-refractivity contribution in [2.75, 3.05) is 82.7 Å². The summed E-state index contributed by atoms with van der Waals surface area (Å²) < 4.78 is 0. The number of pyridine rings is 2. The van der Waals surface area contributed by atoms with Gasteiger partial charge in [-0.15, -0.1) is 72.9 Å². The van der Waals surface area contributed by atoms with Crippen LogP contribution in [0.4, 0.5) is 138 Å². The van der Waals surface area contributed by atoms with Gasteiger partial charge in [0.25, 0.3) is 0 Å². The number of anilines is 24. The molecule has 26 rings (SSSR count). The fourth-order valence-corrected chi connectivity index (χ4v) is 18.3. The number of benzene rings is 13. The zero-order valence-corrected chi connectivity index (χ0v) is 88.7. The van der Waals surface area contributed by atoms with Crippen LogP contribution in [0, 0.1) is 113 Å². The van der Waals surface area contributed by atoms with Crippen molar-refractivity contribution in [1.82, 2.24) is 39.9 Å². The third-order valence-corrected chi connectivity index (χ3v) is 24.9. The molecular weight excluding hydrogens is 2350 g/mol. The summed E-state index contributed by atoms with van der Waals surface area (Å²) in [5, 5.41) is 17.6. The average Bonchev–Trinajstić information content (AvgIpc) is 1.56. The van der Waals surface area contributed by atoms with Crippen molar-refractivity contribution >= 4 is 138 Å². The molecule has 24 nitrogen and oxygen atoms in total. The number of hydrogen-bond donors (Lipinski definition) is 0. The molecule has 737 valence electrons. The monoisotopic (exact) mass is 2450 g/mol. The van der Waals surface area contributed by atoms with E-state index in [1.807, 2.05) is 314 Å². The van der Waals surface area contributed by atoms with Gasteiger partial charge in [0.15, 0.2) is 5.82 Å². The van der Waals surface area contributed by atoms with Crippen LogP contribution in [0.2, 0.25) is 0 Å². The van der Waals surface area contributed by atoms with Gasteiger partial charge in [-0.25, -0.2) is 50.4 Å². The second kappa shape index (κ2) is 46.9. The van der Waals surface area contributed by atoms with Crippen molar-refractivity contribution in [3.8, 4) is 23.4 Å². The summed E-state index contributed by atoms with van der Waals surface area (Å²) in [5.41, 5.74) is 24.7. The SMILES string of the molecule is CC(C)N1[CH-]N(c2[c-]cccc2)c2ncccc21.CN1[CH-]N(c2[c-]cc(C#N)cc2)c2ccccc21.CN1[CH-]N(c2[c-]cc(C#N)cc2)c2ccccc21.Cc1cccc(C)c1-c1ccc2c(n1)N1c3ccccc3CC1N2C(C)C.[Ir].[Ir].[Ir].[c-]1ccccc1N1[CH-]N(c2ccccc2)c2nccnc21.[c-]1ccccc1N1[CH-]N(c2ccccc2)c2nccnc21.[c-]1ccccc1N1[CH-]N(c2ccccc2)c2nccnc21. The number of nitriles is 2. The van der Waals surface area contributed by atoms with Gasteiger partial charge in [-0.3, -0.25) is 0 Å². The Balaban J connectivity index is 0.000000117. The maximum atomic E-state index is 8.79. The van der Waals surface area contributed by atoms with E-state index in [-0.39, 0.29) is 60.3 Å². The Morgan fingerprint density at radius 3 is 1.03 bits per heavy atom. The first-order valence-electron chi connectivity index (χ1n) is 47.3. The third kappa shape index (κ3) is 21.7. The molecular formula is C120H98Ir3N24-12. The summed E-state index contributed by atoms with van der Waals surface area (Å²) in [5.74, 6) is 6.95. The van der Waals surface area contributed by atoms with E-state index < -0.39 is 0 Å². The first-order chi connectivity index (χ1) is 70.7. The first kappa shape index (κ1) is 102. The molecule has 18 aromatic rings. The van der Waals surface area contributed by atoms with Crippen molar-refractivity contribution in [3.63, 3.8) is 0 Å². The zero-order chi connectivity index (χ0) is 98.5. The van der Waals surface area contributed by atoms with E-state index in [1.54, 1.807) is 61.4 Å². The van der Waals surface area contributed by atoms with Crippen LogP contribution in [0.15, 0.2) is 383 Å². The van der Waals surface area contributed by atoms with E-state index in [4.69, 9.17) is 15.5 Å². The van der Waals surface area contributed by atoms with Crippen molar-refractivity contribution < 1.29 is 60.3 Å². The molecule has 1 atom stereocenters. The van der Waals surface area contributed by atoms with Crippen molar-refractivity contribution in [1.29, 1.82) is 10.5 Å². The van der Waals surface area contributed by atoms with Crippen LogP contribution in [-0.2, 0) is 66.7 Å². The molecule has 0 amide bonds. The van der Waals surface area contributed by atoms with E-state index in [1.165, 1.54) is 33.6 Å². The summed E-state index contributed by atoms with van der Waals surface area (Å²) in [4.78, 5) is 66.1. The molecule has 0 spiro atoms. The molecule has 5 aromatic heterocycles. The van der Waals surface area contributed by atoms with E-state index in [0.717, 1.165) is 138 Å². The van der Waals surface area contributed by atoms with Crippen molar-refractivity contribution in [2.24, 2.45) is 0 Å². The van der Waals surface area contributed by atoms with Gasteiger partial charge in [0.05, 0.1) is 11.4 Å². The van der Waals surface area contributed by atoms with Crippen LogP contribution in [0.1, 0.15) is 55.5 Å². The van der Waals surface area contributed by atoms with Crippen LogP contribution < -0.4 is 68.6 Å². The predicted molar refractivity (Wildman–Crippen MR) is 576 cm³/mol. The van der Waals surface area contributed by atoms with E-state index in [0.29, 0.717) is 29.4 Å². The standard InChI is InChI=1S/C24H25N3.3C17H12N4.C15H15N3.2C15H11N3.3Ir/c1-15(2)26-21-13-12-19(23-16(3)8-7-9-17(23)4)25-24(21)27-20-11-6-5-10-18(20)14-22(26)27;3*1-3-7-14(8-4-1)20-13-21(15-9-5-2-6-10-15)17-16(20)18-11-12-19-17;1-12(2)17-11-18(13-7-4-3-5-8-13)15-14(17)9-6-10-16-15;2*1-17-11-18(15-5-3-2-4-14(15)17)13-8-6-12(10-16)7-9-13;;;/h5-13,15,22H,14H2,1-4H3;3*1-9,11-13H;3-7,9-12H,1-2H3;2*2-8,11H,1H3;;;/q;6*-2;;;. The molecule has 13 heterocycles. The average molecular weight is 2450 g/mol. The number of hydrogen-bond acceptors (Lipinski definition) is 24. The van der Waals surface area contributed by atoms with Gasteiger partial charge in [-0.05, 0) is 169 Å². The normalized spacial score (nSPS) is 13.9. The zero-order valence-electron chi connectivity index (χ0n) is 81.5. The van der Waals surface area contributed by atoms with Crippen LogP contribution in [0.3, 0.4) is 0 Å². The first-order valence-corrected chi connectivity index (χ1v) is 47.3. The summed E-state index contributed by atoms with van der Waals surface area (Å²) in [6.45, 7) is 25.3. The van der Waals surface area contributed by atoms with Gasteiger partial charge in [0.1, 0.15) is 46.9 Å². The molecule has 0 aliphatic carbocycles. The molecule has 8 aliphatic rings. The van der Waals surface area contributed by atoms with Gasteiger partial charge >= 0.3 is 0 Å². The Labute approximate surface area is 900 Å². The van der Waals surface area contributed by atoms with Crippen molar-refractivity contribution in [3.05, 3.63) is 487 Å². The minimum Gasteiger partial charge on any atom is -0.504 e. The number of fused-ring (bicyclic) bond motifs is 11. The van der Waals surface area contributed by atoms with E-state index in [9.17, 15) is 0 Å².